The number of hydrogen-bond donors (Lipinski definition) is 1. The van der Waals surface area contributed by atoms with Crippen LogP contribution in [-0.4, -0.2) is 66.8 Å². The van der Waals surface area contributed by atoms with Gasteiger partial charge in [-0.15, -0.1) is 0 Å². The van der Waals surface area contributed by atoms with E-state index in [-0.39, 0.29) is 11.9 Å². The molecular formula is C20H30N2O3. The SMILES string of the molecule is COC[C@@H]1CCCN1C(=O)c1ccc(CN2CCC(CO)CC2)cc1. The summed E-state index contributed by atoms with van der Waals surface area (Å²) in [6.45, 7) is 4.76. The van der Waals surface area contributed by atoms with Gasteiger partial charge in [-0.05, 0) is 62.4 Å². The molecule has 2 heterocycles. The van der Waals surface area contributed by atoms with Crippen LogP contribution < -0.4 is 0 Å². The van der Waals surface area contributed by atoms with E-state index in [1.165, 1.54) is 5.56 Å². The first-order chi connectivity index (χ1) is 12.2. The molecule has 5 nitrogen and oxygen atoms in total. The maximum atomic E-state index is 12.7. The number of carbonyl (C=O) groups excluding carboxylic acids is 1. The quantitative estimate of drug-likeness (QED) is 0.857. The van der Waals surface area contributed by atoms with Gasteiger partial charge in [0.05, 0.1) is 12.6 Å². The number of amides is 1. The maximum absolute atomic E-state index is 12.7. The first-order valence-corrected chi connectivity index (χ1v) is 9.43. The Hall–Kier alpha value is -1.43. The maximum Gasteiger partial charge on any atom is 0.254 e. The van der Waals surface area contributed by atoms with Gasteiger partial charge in [-0.2, -0.15) is 0 Å². The molecule has 0 aliphatic carbocycles. The molecule has 25 heavy (non-hydrogen) atoms. The lowest BCUT2D eigenvalue weighted by Gasteiger charge is -2.31. The van der Waals surface area contributed by atoms with Crippen LogP contribution in [0.1, 0.15) is 41.6 Å². The van der Waals surface area contributed by atoms with E-state index in [1.807, 2.05) is 17.0 Å². The van der Waals surface area contributed by atoms with Crippen molar-refractivity contribution in [1.82, 2.24) is 9.80 Å². The largest absolute Gasteiger partial charge is 0.396 e. The van der Waals surface area contributed by atoms with Crippen molar-refractivity contribution < 1.29 is 14.6 Å². The van der Waals surface area contributed by atoms with Crippen LogP contribution in [0.2, 0.25) is 0 Å². The topological polar surface area (TPSA) is 53.0 Å². The van der Waals surface area contributed by atoms with Crippen molar-refractivity contribution in [1.29, 1.82) is 0 Å². The van der Waals surface area contributed by atoms with Crippen LogP contribution in [0.25, 0.3) is 0 Å². The highest BCUT2D eigenvalue weighted by atomic mass is 16.5. The second kappa shape index (κ2) is 8.79. The molecule has 2 aliphatic rings. The van der Waals surface area contributed by atoms with Crippen LogP contribution >= 0.6 is 0 Å². The number of aliphatic hydroxyl groups is 1. The van der Waals surface area contributed by atoms with Gasteiger partial charge in [-0.3, -0.25) is 9.69 Å². The van der Waals surface area contributed by atoms with E-state index < -0.39 is 0 Å². The van der Waals surface area contributed by atoms with Gasteiger partial charge in [0.2, 0.25) is 0 Å². The van der Waals surface area contributed by atoms with Crippen LogP contribution in [0.3, 0.4) is 0 Å². The predicted octanol–water partition coefficient (Wildman–Crippen LogP) is 2.14. The fraction of sp³-hybridized carbons (Fsp3) is 0.650. The number of ether oxygens (including phenoxy) is 1. The number of carbonyl (C=O) groups is 1. The van der Waals surface area contributed by atoms with Crippen LogP contribution in [0, 0.1) is 5.92 Å². The van der Waals surface area contributed by atoms with Crippen molar-refractivity contribution in [3.05, 3.63) is 35.4 Å². The van der Waals surface area contributed by atoms with Crippen molar-refractivity contribution in [3.8, 4) is 0 Å². The van der Waals surface area contributed by atoms with Crippen LogP contribution in [0.15, 0.2) is 24.3 Å². The Balaban J connectivity index is 1.56. The Morgan fingerprint density at radius 2 is 1.88 bits per heavy atom. The highest BCUT2D eigenvalue weighted by Crippen LogP contribution is 2.22. The van der Waals surface area contributed by atoms with Gasteiger partial charge >= 0.3 is 0 Å². The Kier molecular flexibility index (Phi) is 6.45. The van der Waals surface area contributed by atoms with E-state index in [9.17, 15) is 9.90 Å². The molecular weight excluding hydrogens is 316 g/mol. The van der Waals surface area contributed by atoms with Crippen LogP contribution in [-0.2, 0) is 11.3 Å². The number of methoxy groups -OCH3 is 1. The first-order valence-electron chi connectivity index (χ1n) is 9.43. The molecule has 1 N–H and O–H groups in total. The number of hydrogen-bond acceptors (Lipinski definition) is 4. The lowest BCUT2D eigenvalue weighted by Crippen LogP contribution is -2.38. The molecule has 2 aliphatic heterocycles. The second-order valence-electron chi connectivity index (χ2n) is 7.35. The summed E-state index contributed by atoms with van der Waals surface area (Å²) < 4.78 is 5.25. The number of piperidine rings is 1. The van der Waals surface area contributed by atoms with Crippen molar-refractivity contribution >= 4 is 5.91 Å². The van der Waals surface area contributed by atoms with Crippen molar-refractivity contribution in [3.63, 3.8) is 0 Å². The highest BCUT2D eigenvalue weighted by molar-refractivity contribution is 5.94. The summed E-state index contributed by atoms with van der Waals surface area (Å²) in [5.74, 6) is 0.589. The van der Waals surface area contributed by atoms with E-state index in [2.05, 4.69) is 17.0 Å². The molecule has 1 aromatic carbocycles. The number of aliphatic hydroxyl groups excluding tert-OH is 1. The standard InChI is InChI=1S/C20H30N2O3/c1-25-15-19-3-2-10-22(19)20(24)18-6-4-16(5-7-18)13-21-11-8-17(14-23)9-12-21/h4-7,17,19,23H,2-3,8-15H2,1H3/t19-/m0/s1. The monoisotopic (exact) mass is 346 g/mol. The predicted molar refractivity (Wildman–Crippen MR) is 97.5 cm³/mol. The molecule has 2 fully saturated rings. The molecule has 2 saturated heterocycles. The summed E-state index contributed by atoms with van der Waals surface area (Å²) in [6, 6.07) is 8.28. The van der Waals surface area contributed by atoms with Gasteiger partial charge in [0.25, 0.3) is 5.91 Å². The summed E-state index contributed by atoms with van der Waals surface area (Å²) in [7, 11) is 1.69. The highest BCUT2D eigenvalue weighted by Gasteiger charge is 2.29. The molecule has 138 valence electrons. The van der Waals surface area contributed by atoms with Gasteiger partial charge in [-0.25, -0.2) is 0 Å². The third kappa shape index (κ3) is 4.60. The molecule has 0 bridgehead atoms. The number of rotatable bonds is 6. The second-order valence-corrected chi connectivity index (χ2v) is 7.35. The lowest BCUT2D eigenvalue weighted by molar-refractivity contribution is 0.0630. The molecule has 5 heteroatoms. The number of nitrogens with zero attached hydrogens (tertiary/aromatic N) is 2. The van der Waals surface area contributed by atoms with Gasteiger partial charge < -0.3 is 14.7 Å². The first kappa shape index (κ1) is 18.4. The molecule has 0 saturated carbocycles. The van der Waals surface area contributed by atoms with E-state index in [4.69, 9.17) is 4.74 Å². The average Bonchev–Trinajstić information content (AvgIpc) is 3.11. The van der Waals surface area contributed by atoms with Crippen molar-refractivity contribution in [2.75, 3.05) is 40.0 Å². The zero-order valence-corrected chi connectivity index (χ0v) is 15.2. The Morgan fingerprint density at radius 3 is 2.52 bits per heavy atom. The summed E-state index contributed by atoms with van der Waals surface area (Å²) in [6.07, 6.45) is 4.23. The molecule has 0 radical (unpaired) electrons. The fourth-order valence-corrected chi connectivity index (χ4v) is 3.97. The van der Waals surface area contributed by atoms with Crippen molar-refractivity contribution in [2.24, 2.45) is 5.92 Å². The Bertz CT molecular complexity index is 553. The van der Waals surface area contributed by atoms with E-state index in [1.54, 1.807) is 7.11 Å². The zero-order chi connectivity index (χ0) is 17.6. The fourth-order valence-electron chi connectivity index (χ4n) is 3.97. The van der Waals surface area contributed by atoms with E-state index >= 15 is 0 Å². The van der Waals surface area contributed by atoms with Gasteiger partial charge in [0.1, 0.15) is 0 Å². The third-order valence-electron chi connectivity index (χ3n) is 5.57. The van der Waals surface area contributed by atoms with E-state index in [0.29, 0.717) is 19.1 Å². The molecule has 0 aromatic heterocycles. The van der Waals surface area contributed by atoms with Crippen LogP contribution in [0.4, 0.5) is 0 Å². The van der Waals surface area contributed by atoms with E-state index in [0.717, 1.165) is 57.4 Å². The summed E-state index contributed by atoms with van der Waals surface area (Å²) in [5, 5.41) is 9.23. The normalized spacial score (nSPS) is 22.5. The summed E-state index contributed by atoms with van der Waals surface area (Å²) >= 11 is 0. The van der Waals surface area contributed by atoms with Crippen molar-refractivity contribution in [2.45, 2.75) is 38.3 Å². The van der Waals surface area contributed by atoms with Gasteiger partial charge in [0.15, 0.2) is 0 Å². The van der Waals surface area contributed by atoms with Gasteiger partial charge in [-0.1, -0.05) is 12.1 Å². The third-order valence-corrected chi connectivity index (χ3v) is 5.57. The lowest BCUT2D eigenvalue weighted by atomic mass is 9.97. The molecule has 1 aromatic rings. The Morgan fingerprint density at radius 1 is 1.16 bits per heavy atom. The smallest absolute Gasteiger partial charge is 0.254 e. The summed E-state index contributed by atoms with van der Waals surface area (Å²) in [4.78, 5) is 17.1. The zero-order valence-electron chi connectivity index (χ0n) is 15.2. The minimum atomic E-state index is 0.120. The number of likely N-dealkylation sites (tertiary alicyclic amines) is 2. The average molecular weight is 346 g/mol. The van der Waals surface area contributed by atoms with Crippen LogP contribution in [0.5, 0.6) is 0 Å². The summed E-state index contributed by atoms with van der Waals surface area (Å²) in [5.41, 5.74) is 2.01. The molecule has 1 amide bonds. The van der Waals surface area contributed by atoms with Gasteiger partial charge in [0, 0.05) is 32.4 Å². The molecule has 0 unspecified atom stereocenters. The minimum Gasteiger partial charge on any atom is -0.396 e. The number of benzene rings is 1. The molecule has 0 spiro atoms. The minimum absolute atomic E-state index is 0.120. The Labute approximate surface area is 150 Å². The molecule has 3 rings (SSSR count). The molecule has 1 atom stereocenters.